The minimum atomic E-state index is 0. The Labute approximate surface area is 118 Å². The van der Waals surface area contributed by atoms with Crippen LogP contribution in [0.5, 0.6) is 0 Å². The van der Waals surface area contributed by atoms with Crippen molar-refractivity contribution in [2.24, 2.45) is 11.8 Å². The predicted molar refractivity (Wildman–Crippen MR) is 78.5 cm³/mol. The van der Waals surface area contributed by atoms with Crippen LogP contribution in [-0.4, -0.2) is 51.3 Å². The molecule has 2 atom stereocenters. The smallest absolute Gasteiger partial charge is 0.0502 e. The number of hydrogen-bond donors (Lipinski definition) is 1. The third kappa shape index (κ3) is 5.43. The lowest BCUT2D eigenvalue weighted by Gasteiger charge is -2.30. The second kappa shape index (κ2) is 9.13. The minimum absolute atomic E-state index is 0. The van der Waals surface area contributed by atoms with Gasteiger partial charge in [0.25, 0.3) is 0 Å². The van der Waals surface area contributed by atoms with E-state index in [4.69, 9.17) is 4.74 Å². The van der Waals surface area contributed by atoms with Gasteiger partial charge in [0.05, 0.1) is 6.61 Å². The van der Waals surface area contributed by atoms with Gasteiger partial charge in [0, 0.05) is 20.2 Å². The number of ether oxygens (including phenoxy) is 1. The molecule has 0 aliphatic carbocycles. The van der Waals surface area contributed by atoms with Crippen LogP contribution in [0, 0.1) is 11.8 Å². The van der Waals surface area contributed by atoms with Gasteiger partial charge in [0.1, 0.15) is 0 Å². The van der Waals surface area contributed by atoms with Crippen molar-refractivity contribution in [2.75, 3.05) is 46.4 Å². The highest BCUT2D eigenvalue weighted by Gasteiger charge is 2.21. The summed E-state index contributed by atoms with van der Waals surface area (Å²) in [5.41, 5.74) is 0. The molecule has 0 bridgehead atoms. The van der Waals surface area contributed by atoms with Gasteiger partial charge in [0.2, 0.25) is 0 Å². The molecule has 108 valence electrons. The lowest BCUT2D eigenvalue weighted by atomic mass is 9.98. The van der Waals surface area contributed by atoms with Crippen LogP contribution >= 0.6 is 12.4 Å². The fraction of sp³-hybridized carbons (Fsp3) is 1.00. The number of halogens is 1. The molecule has 0 spiro atoms. The Hall–Kier alpha value is 0.170. The summed E-state index contributed by atoms with van der Waals surface area (Å²) in [5.74, 6) is 1.64. The third-order valence-corrected chi connectivity index (χ3v) is 4.17. The molecule has 2 fully saturated rings. The highest BCUT2D eigenvalue weighted by Crippen LogP contribution is 2.19. The van der Waals surface area contributed by atoms with E-state index in [0.29, 0.717) is 0 Å². The van der Waals surface area contributed by atoms with Crippen LogP contribution in [0.2, 0.25) is 0 Å². The second-order valence-electron chi connectivity index (χ2n) is 5.79. The Kier molecular flexibility index (Phi) is 8.23. The number of nitrogens with one attached hydrogen (secondary N) is 1. The number of nitrogens with zero attached hydrogens (tertiary/aromatic N) is 1. The molecule has 3 nitrogen and oxygen atoms in total. The summed E-state index contributed by atoms with van der Waals surface area (Å²) in [5, 5.41) is 3.53. The van der Waals surface area contributed by atoms with E-state index < -0.39 is 0 Å². The van der Waals surface area contributed by atoms with Crippen LogP contribution in [-0.2, 0) is 4.74 Å². The van der Waals surface area contributed by atoms with Crippen molar-refractivity contribution in [2.45, 2.75) is 32.1 Å². The van der Waals surface area contributed by atoms with E-state index in [9.17, 15) is 0 Å². The summed E-state index contributed by atoms with van der Waals surface area (Å²) >= 11 is 0. The first-order valence-corrected chi connectivity index (χ1v) is 7.30. The summed E-state index contributed by atoms with van der Waals surface area (Å²) in [7, 11) is 1.83. The van der Waals surface area contributed by atoms with Gasteiger partial charge in [-0.05, 0) is 57.2 Å². The number of hydrogen-bond acceptors (Lipinski definition) is 3. The van der Waals surface area contributed by atoms with Gasteiger partial charge < -0.3 is 15.0 Å². The second-order valence-corrected chi connectivity index (χ2v) is 5.79. The Bertz CT molecular complexity index is 210. The molecule has 18 heavy (non-hydrogen) atoms. The van der Waals surface area contributed by atoms with E-state index >= 15 is 0 Å². The van der Waals surface area contributed by atoms with Gasteiger partial charge in [-0.15, -0.1) is 12.4 Å². The van der Waals surface area contributed by atoms with Crippen LogP contribution in [0.4, 0.5) is 0 Å². The van der Waals surface area contributed by atoms with Gasteiger partial charge in [-0.3, -0.25) is 0 Å². The van der Waals surface area contributed by atoms with E-state index in [2.05, 4.69) is 10.2 Å². The van der Waals surface area contributed by atoms with Crippen LogP contribution < -0.4 is 5.32 Å². The quantitative estimate of drug-likeness (QED) is 0.852. The van der Waals surface area contributed by atoms with Crippen molar-refractivity contribution in [1.29, 1.82) is 0 Å². The van der Waals surface area contributed by atoms with E-state index in [1.807, 2.05) is 7.11 Å². The minimum Gasteiger partial charge on any atom is -0.384 e. The number of rotatable bonds is 4. The first-order chi connectivity index (χ1) is 8.38. The van der Waals surface area contributed by atoms with E-state index in [0.717, 1.165) is 18.4 Å². The monoisotopic (exact) mass is 276 g/mol. The first kappa shape index (κ1) is 16.2. The fourth-order valence-corrected chi connectivity index (χ4v) is 3.30. The third-order valence-electron chi connectivity index (χ3n) is 4.17. The van der Waals surface area contributed by atoms with Crippen molar-refractivity contribution in [3.05, 3.63) is 0 Å². The predicted octanol–water partition coefficient (Wildman–Crippen LogP) is 2.16. The first-order valence-electron chi connectivity index (χ1n) is 7.30. The summed E-state index contributed by atoms with van der Waals surface area (Å²) in [6, 6.07) is 0. The molecule has 2 aliphatic rings. The molecule has 0 aromatic carbocycles. The van der Waals surface area contributed by atoms with Crippen LogP contribution in [0.15, 0.2) is 0 Å². The lowest BCUT2D eigenvalue weighted by molar-refractivity contribution is 0.117. The molecule has 1 N–H and O–H groups in total. The van der Waals surface area contributed by atoms with E-state index in [-0.39, 0.29) is 12.4 Å². The van der Waals surface area contributed by atoms with Gasteiger partial charge >= 0.3 is 0 Å². The van der Waals surface area contributed by atoms with Gasteiger partial charge in [-0.1, -0.05) is 6.42 Å². The Balaban J connectivity index is 0.00000162. The molecule has 2 unspecified atom stereocenters. The molecular weight excluding hydrogens is 248 g/mol. The SMILES string of the molecule is COCC1CCCCN(CC2CCCNC2)C1.Cl. The topological polar surface area (TPSA) is 24.5 Å². The molecule has 2 saturated heterocycles. The summed E-state index contributed by atoms with van der Waals surface area (Å²) < 4.78 is 5.34. The molecule has 0 radical (unpaired) electrons. The molecule has 0 aromatic rings. The standard InChI is InChI=1S/C14H28N2O.ClH/c1-17-12-14-5-2-3-8-16(11-14)10-13-6-4-7-15-9-13;/h13-15H,2-12H2,1H3;1H. The highest BCUT2D eigenvalue weighted by molar-refractivity contribution is 5.85. The van der Waals surface area contributed by atoms with Gasteiger partial charge in [-0.25, -0.2) is 0 Å². The normalized spacial score (nSPS) is 30.5. The Morgan fingerprint density at radius 2 is 2.00 bits per heavy atom. The van der Waals surface area contributed by atoms with Gasteiger partial charge in [-0.2, -0.15) is 0 Å². The highest BCUT2D eigenvalue weighted by atomic mass is 35.5. The van der Waals surface area contributed by atoms with Gasteiger partial charge in [0.15, 0.2) is 0 Å². The molecule has 2 heterocycles. The maximum absolute atomic E-state index is 5.34. The van der Waals surface area contributed by atoms with Crippen molar-refractivity contribution in [1.82, 2.24) is 10.2 Å². The maximum atomic E-state index is 5.34. The Morgan fingerprint density at radius 1 is 1.17 bits per heavy atom. The van der Waals surface area contributed by atoms with Crippen molar-refractivity contribution < 1.29 is 4.74 Å². The molecule has 0 aromatic heterocycles. The zero-order chi connectivity index (χ0) is 11.9. The lowest BCUT2D eigenvalue weighted by Crippen LogP contribution is -2.40. The molecule has 0 saturated carbocycles. The van der Waals surface area contributed by atoms with Crippen LogP contribution in [0.3, 0.4) is 0 Å². The fourth-order valence-electron chi connectivity index (χ4n) is 3.30. The summed E-state index contributed by atoms with van der Waals surface area (Å²) in [6.45, 7) is 7.25. The largest absolute Gasteiger partial charge is 0.384 e. The van der Waals surface area contributed by atoms with E-state index in [1.54, 1.807) is 0 Å². The zero-order valence-electron chi connectivity index (χ0n) is 11.7. The number of piperidine rings is 1. The molecule has 0 amide bonds. The van der Waals surface area contributed by atoms with Crippen LogP contribution in [0.25, 0.3) is 0 Å². The molecule has 2 aliphatic heterocycles. The van der Waals surface area contributed by atoms with Crippen LogP contribution in [0.1, 0.15) is 32.1 Å². The summed E-state index contributed by atoms with van der Waals surface area (Å²) in [6.07, 6.45) is 6.89. The zero-order valence-corrected chi connectivity index (χ0v) is 12.5. The average molecular weight is 277 g/mol. The van der Waals surface area contributed by atoms with E-state index in [1.165, 1.54) is 64.8 Å². The van der Waals surface area contributed by atoms with Crippen molar-refractivity contribution in [3.63, 3.8) is 0 Å². The number of likely N-dealkylation sites (tertiary alicyclic amines) is 1. The molecule has 4 heteroatoms. The number of methoxy groups -OCH3 is 1. The molecule has 2 rings (SSSR count). The van der Waals surface area contributed by atoms with Crippen molar-refractivity contribution in [3.8, 4) is 0 Å². The van der Waals surface area contributed by atoms with Crippen molar-refractivity contribution >= 4 is 12.4 Å². The molecular formula is C14H29ClN2O. The summed E-state index contributed by atoms with van der Waals surface area (Å²) in [4.78, 5) is 2.69. The average Bonchev–Trinajstić information content (AvgIpc) is 2.56. The Morgan fingerprint density at radius 3 is 2.72 bits per heavy atom. The maximum Gasteiger partial charge on any atom is 0.0502 e.